The Morgan fingerprint density at radius 3 is 2.54 bits per heavy atom. The maximum Gasteiger partial charge on any atom is 0.246 e. The molecule has 0 spiro atoms. The fourth-order valence-corrected chi connectivity index (χ4v) is 8.25. The Bertz CT molecular complexity index is 2030. The van der Waals surface area contributed by atoms with Crippen LogP contribution >= 0.6 is 11.7 Å². The number of fused-ring (bicyclic) bond motifs is 5. The number of hydrogen-bond donors (Lipinski definition) is 1. The van der Waals surface area contributed by atoms with Crippen LogP contribution in [-0.2, 0) is 32.0 Å². The van der Waals surface area contributed by atoms with E-state index in [9.17, 15) is 9.59 Å². The smallest absolute Gasteiger partial charge is 0.246 e. The van der Waals surface area contributed by atoms with Gasteiger partial charge in [0.25, 0.3) is 0 Å². The van der Waals surface area contributed by atoms with E-state index in [0.717, 1.165) is 57.3 Å². The molecule has 8 rings (SSSR count). The number of ether oxygens (including phenoxy) is 4. The summed E-state index contributed by atoms with van der Waals surface area (Å²) in [4.78, 5) is 38.4. The monoisotopic (exact) mass is 696 g/mol. The highest BCUT2D eigenvalue weighted by atomic mass is 32.1. The number of benzene rings is 3. The Hall–Kier alpha value is -4.56. The Balaban J connectivity index is 1.02. The number of nitrogens with zero attached hydrogens (tertiary/aromatic N) is 5. The molecule has 0 unspecified atom stereocenters. The molecule has 0 bridgehead atoms. The second kappa shape index (κ2) is 14.0. The lowest BCUT2D eigenvalue weighted by molar-refractivity contribution is -0.160. The van der Waals surface area contributed by atoms with Gasteiger partial charge < -0.3 is 33.7 Å². The van der Waals surface area contributed by atoms with Gasteiger partial charge in [-0.2, -0.15) is 8.75 Å². The number of likely N-dealkylation sites (tertiary alicyclic amines) is 1. The molecule has 5 aromatic rings. The number of methoxy groups -OCH3 is 2. The molecule has 13 heteroatoms. The van der Waals surface area contributed by atoms with Gasteiger partial charge in [0.05, 0.1) is 31.0 Å². The van der Waals surface area contributed by atoms with Crippen molar-refractivity contribution in [3.63, 3.8) is 0 Å². The van der Waals surface area contributed by atoms with Crippen LogP contribution in [0.4, 0.5) is 0 Å². The summed E-state index contributed by atoms with van der Waals surface area (Å²) < 4.78 is 31.0. The molecule has 3 aliphatic heterocycles. The number of H-pyrrole nitrogens is 1. The predicted molar refractivity (Wildman–Crippen MR) is 188 cm³/mol. The Labute approximate surface area is 294 Å². The molecule has 0 saturated carbocycles. The maximum atomic E-state index is 14.5. The van der Waals surface area contributed by atoms with Gasteiger partial charge in [-0.1, -0.05) is 30.3 Å². The first-order valence-corrected chi connectivity index (χ1v) is 17.8. The summed E-state index contributed by atoms with van der Waals surface area (Å²) in [5, 5.41) is 1.09. The van der Waals surface area contributed by atoms with Crippen LogP contribution in [0.3, 0.4) is 0 Å². The first kappa shape index (κ1) is 32.6. The van der Waals surface area contributed by atoms with Crippen LogP contribution in [0.1, 0.15) is 34.8 Å². The lowest BCUT2D eigenvalue weighted by atomic mass is 9.85. The van der Waals surface area contributed by atoms with Crippen molar-refractivity contribution in [2.24, 2.45) is 0 Å². The van der Waals surface area contributed by atoms with Gasteiger partial charge in [0.15, 0.2) is 11.5 Å². The molecular formula is C37H40N6O6S. The number of hydrogen-bond acceptors (Lipinski definition) is 10. The molecule has 3 aliphatic rings. The molecular weight excluding hydrogens is 657 g/mol. The van der Waals surface area contributed by atoms with E-state index in [2.05, 4.69) is 30.8 Å². The van der Waals surface area contributed by atoms with Gasteiger partial charge >= 0.3 is 0 Å². The third kappa shape index (κ3) is 6.08. The molecule has 0 radical (unpaired) electrons. The normalized spacial score (nSPS) is 20.9. The summed E-state index contributed by atoms with van der Waals surface area (Å²) in [5.41, 5.74) is 6.68. The van der Waals surface area contributed by atoms with E-state index in [1.807, 2.05) is 58.3 Å². The Morgan fingerprint density at radius 1 is 0.900 bits per heavy atom. The van der Waals surface area contributed by atoms with Crippen LogP contribution in [0, 0.1) is 0 Å². The van der Waals surface area contributed by atoms with Gasteiger partial charge in [0.1, 0.15) is 36.8 Å². The summed E-state index contributed by atoms with van der Waals surface area (Å²) in [6.07, 6.45) is 1.27. The molecule has 2 fully saturated rings. The molecule has 50 heavy (non-hydrogen) atoms. The van der Waals surface area contributed by atoms with Gasteiger partial charge in [0.2, 0.25) is 11.8 Å². The van der Waals surface area contributed by atoms with Crippen molar-refractivity contribution >= 4 is 45.5 Å². The minimum absolute atomic E-state index is 0.0141. The highest BCUT2D eigenvalue weighted by Crippen LogP contribution is 2.43. The van der Waals surface area contributed by atoms with E-state index in [-0.39, 0.29) is 24.4 Å². The van der Waals surface area contributed by atoms with Crippen LogP contribution < -0.4 is 9.47 Å². The number of amides is 2. The maximum absolute atomic E-state index is 14.5. The lowest BCUT2D eigenvalue weighted by Gasteiger charge is -2.48. The molecule has 1 N–H and O–H groups in total. The molecule has 260 valence electrons. The quantitative estimate of drug-likeness (QED) is 0.192. The first-order chi connectivity index (χ1) is 24.5. The zero-order valence-electron chi connectivity index (χ0n) is 28.2. The number of carbonyl (C=O) groups is 2. The van der Waals surface area contributed by atoms with Crippen molar-refractivity contribution < 1.29 is 28.5 Å². The Kier molecular flexibility index (Phi) is 9.13. The third-order valence-corrected chi connectivity index (χ3v) is 10.6. The van der Waals surface area contributed by atoms with Crippen molar-refractivity contribution in [2.45, 2.75) is 37.5 Å². The largest absolute Gasteiger partial charge is 0.487 e. The average Bonchev–Trinajstić information content (AvgIpc) is 3.88. The number of para-hydroxylation sites is 1. The zero-order valence-corrected chi connectivity index (χ0v) is 29.0. The standard InChI is InChI=1S/C37H40N6O6S/c1-46-13-15-48-32-10-7-23(17-33(32)49-16-14-47-2)20-41-12-11-25(21-41)42-22-34(44)43-31(37(42)45)19-27-26-5-3-4-6-28(26)38-35(27)36(43)24-8-9-29-30(18-24)40-50-39-29/h3-10,17-18,25,31,36,38H,11-16,19-22H2,1-2H3/t25-,31-,36-/m1/s1. The molecule has 2 aromatic heterocycles. The van der Waals surface area contributed by atoms with E-state index < -0.39 is 12.1 Å². The summed E-state index contributed by atoms with van der Waals surface area (Å²) in [6.45, 7) is 4.04. The van der Waals surface area contributed by atoms with Crippen LogP contribution in [-0.4, -0.2) is 113 Å². The van der Waals surface area contributed by atoms with E-state index in [0.29, 0.717) is 57.4 Å². The van der Waals surface area contributed by atoms with Gasteiger partial charge in [-0.05, 0) is 53.4 Å². The molecule has 3 atom stereocenters. The van der Waals surface area contributed by atoms with Crippen LogP contribution in [0.5, 0.6) is 11.5 Å². The minimum Gasteiger partial charge on any atom is -0.487 e. The third-order valence-electron chi connectivity index (χ3n) is 10.1. The Morgan fingerprint density at radius 2 is 1.70 bits per heavy atom. The summed E-state index contributed by atoms with van der Waals surface area (Å²) >= 11 is 1.17. The SMILES string of the molecule is COCCOc1ccc(CN2CC[C@@H](N3CC(=O)N4[C@H](c5ccc6nsnc6c5)c5[nH]c6ccccc6c5C[C@@H]4C3=O)C2)cc1OCCOC. The van der Waals surface area contributed by atoms with Gasteiger partial charge in [0, 0.05) is 62.9 Å². The second-order valence-corrected chi connectivity index (χ2v) is 13.6. The van der Waals surface area contributed by atoms with Gasteiger partial charge in [-0.3, -0.25) is 14.5 Å². The van der Waals surface area contributed by atoms with Crippen molar-refractivity contribution in [1.29, 1.82) is 0 Å². The highest BCUT2D eigenvalue weighted by Gasteiger charge is 2.50. The van der Waals surface area contributed by atoms with Gasteiger partial charge in [-0.25, -0.2) is 0 Å². The number of aromatic amines is 1. The van der Waals surface area contributed by atoms with Crippen molar-refractivity contribution in [1.82, 2.24) is 28.4 Å². The number of piperazine rings is 1. The van der Waals surface area contributed by atoms with E-state index in [1.165, 1.54) is 11.7 Å². The van der Waals surface area contributed by atoms with Crippen LogP contribution in [0.2, 0.25) is 0 Å². The number of carbonyl (C=O) groups excluding carboxylic acids is 2. The molecule has 2 amide bonds. The number of aromatic nitrogens is 3. The first-order valence-electron chi connectivity index (χ1n) is 17.0. The fourth-order valence-electron chi connectivity index (χ4n) is 7.73. The van der Waals surface area contributed by atoms with Gasteiger partial charge in [-0.15, -0.1) is 0 Å². The second-order valence-electron chi connectivity index (χ2n) is 13.1. The molecule has 5 heterocycles. The molecule has 3 aromatic carbocycles. The average molecular weight is 697 g/mol. The topological polar surface area (TPSA) is 122 Å². The van der Waals surface area contributed by atoms with E-state index >= 15 is 0 Å². The lowest BCUT2D eigenvalue weighted by Crippen LogP contribution is -2.65. The zero-order chi connectivity index (χ0) is 34.2. The van der Waals surface area contributed by atoms with E-state index in [4.69, 9.17) is 18.9 Å². The minimum atomic E-state index is -0.594. The molecule has 0 aliphatic carbocycles. The van der Waals surface area contributed by atoms with Crippen molar-refractivity contribution in [2.75, 3.05) is 60.3 Å². The molecule has 2 saturated heterocycles. The summed E-state index contributed by atoms with van der Waals surface area (Å²) in [7, 11) is 3.29. The van der Waals surface area contributed by atoms with Crippen molar-refractivity contribution in [3.05, 3.63) is 83.0 Å². The highest BCUT2D eigenvalue weighted by molar-refractivity contribution is 7.00. The fraction of sp³-hybridized carbons (Fsp3) is 0.405. The van der Waals surface area contributed by atoms with Crippen LogP contribution in [0.15, 0.2) is 60.7 Å². The van der Waals surface area contributed by atoms with Crippen LogP contribution in [0.25, 0.3) is 21.9 Å². The van der Waals surface area contributed by atoms with E-state index in [1.54, 1.807) is 14.2 Å². The molecule has 12 nitrogen and oxygen atoms in total. The van der Waals surface area contributed by atoms with Crippen molar-refractivity contribution in [3.8, 4) is 11.5 Å². The predicted octanol–water partition coefficient (Wildman–Crippen LogP) is 4.18. The summed E-state index contributed by atoms with van der Waals surface area (Å²) in [6, 6.07) is 19.1. The summed E-state index contributed by atoms with van der Waals surface area (Å²) in [5.74, 6) is 1.30. The number of nitrogens with one attached hydrogen (secondary N) is 1. The number of rotatable bonds is 12.